The lowest BCUT2D eigenvalue weighted by Crippen LogP contribution is -2.25. The molecule has 0 aliphatic heterocycles. The number of aromatic nitrogens is 3. The van der Waals surface area contributed by atoms with E-state index in [2.05, 4.69) is 41.6 Å². The number of benzene rings is 3. The van der Waals surface area contributed by atoms with Crippen molar-refractivity contribution in [3.63, 3.8) is 0 Å². The highest BCUT2D eigenvalue weighted by Crippen LogP contribution is 2.24. The monoisotopic (exact) mass is 557 g/mol. The van der Waals surface area contributed by atoms with E-state index in [-0.39, 0.29) is 29.5 Å². The predicted molar refractivity (Wildman–Crippen MR) is 159 cm³/mol. The number of hydrogen-bond donors (Lipinski definition) is 2. The van der Waals surface area contributed by atoms with Crippen LogP contribution in [-0.4, -0.2) is 38.9 Å². The third-order valence-electron chi connectivity index (χ3n) is 6.16. The first-order valence-electron chi connectivity index (χ1n) is 13.2. The summed E-state index contributed by atoms with van der Waals surface area (Å²) in [6, 6.07) is 22.8. The highest BCUT2D eigenvalue weighted by atomic mass is 32.2. The lowest BCUT2D eigenvalue weighted by Gasteiger charge is -2.19. The van der Waals surface area contributed by atoms with Crippen molar-refractivity contribution in [3.8, 4) is 11.4 Å². The molecule has 1 aromatic heterocycles. The van der Waals surface area contributed by atoms with Gasteiger partial charge in [-0.3, -0.25) is 14.2 Å². The third-order valence-corrected chi connectivity index (χ3v) is 7.09. The molecular formula is C31H35N5O3S. The van der Waals surface area contributed by atoms with Crippen LogP contribution in [0.1, 0.15) is 55.0 Å². The number of rotatable bonds is 10. The summed E-state index contributed by atoms with van der Waals surface area (Å²) in [5, 5.41) is 15.1. The maximum Gasteiger partial charge on any atom is 0.251 e. The van der Waals surface area contributed by atoms with Gasteiger partial charge < -0.3 is 15.4 Å². The number of nitrogens with one attached hydrogen (secondary N) is 2. The average molecular weight is 558 g/mol. The van der Waals surface area contributed by atoms with Gasteiger partial charge in [0.05, 0.1) is 18.9 Å². The molecular weight excluding hydrogens is 522 g/mol. The van der Waals surface area contributed by atoms with Crippen LogP contribution in [0.15, 0.2) is 78.0 Å². The zero-order valence-electron chi connectivity index (χ0n) is 23.5. The standard InChI is InChI=1S/C31H35N5O3S/c1-6-39-26-16-14-24(15-17-26)33-28(37)20-40-30-35-34-27(36(30)25-9-7-8-21(2)18-25)19-32-29(38)22-10-12-23(13-11-22)31(3,4)5/h7-18H,6,19-20H2,1-5H3,(H,32,38)(H,33,37). The fourth-order valence-corrected chi connectivity index (χ4v) is 4.82. The van der Waals surface area contributed by atoms with E-state index in [1.54, 1.807) is 12.1 Å². The summed E-state index contributed by atoms with van der Waals surface area (Å²) in [6.07, 6.45) is 0. The van der Waals surface area contributed by atoms with E-state index in [0.29, 0.717) is 28.8 Å². The SMILES string of the molecule is CCOc1ccc(NC(=O)CSc2nnc(CNC(=O)c3ccc(C(C)(C)C)cc3)n2-c2cccc(C)c2)cc1. The van der Waals surface area contributed by atoms with Gasteiger partial charge in [0.25, 0.3) is 5.91 Å². The fraction of sp³-hybridized carbons (Fsp3) is 0.290. The number of nitrogens with zero attached hydrogens (tertiary/aromatic N) is 3. The Morgan fingerprint density at radius 3 is 2.35 bits per heavy atom. The molecule has 0 aliphatic carbocycles. The number of aryl methyl sites for hydroxylation is 1. The van der Waals surface area contributed by atoms with E-state index in [9.17, 15) is 9.59 Å². The van der Waals surface area contributed by atoms with Gasteiger partial charge in [0.2, 0.25) is 5.91 Å². The zero-order chi connectivity index (χ0) is 28.7. The van der Waals surface area contributed by atoms with Crippen LogP contribution in [0.3, 0.4) is 0 Å². The van der Waals surface area contributed by atoms with Gasteiger partial charge in [0.1, 0.15) is 5.75 Å². The van der Waals surface area contributed by atoms with Gasteiger partial charge in [-0.1, -0.05) is 56.8 Å². The smallest absolute Gasteiger partial charge is 0.251 e. The Morgan fingerprint density at radius 1 is 0.975 bits per heavy atom. The Labute approximate surface area is 239 Å². The van der Waals surface area contributed by atoms with Gasteiger partial charge >= 0.3 is 0 Å². The van der Waals surface area contributed by atoms with Crippen molar-refractivity contribution in [2.24, 2.45) is 0 Å². The molecule has 0 bridgehead atoms. The minimum absolute atomic E-state index is 0.0123. The molecule has 0 unspecified atom stereocenters. The molecule has 2 amide bonds. The second kappa shape index (κ2) is 12.8. The van der Waals surface area contributed by atoms with Gasteiger partial charge in [-0.15, -0.1) is 10.2 Å². The van der Waals surface area contributed by atoms with Crippen LogP contribution >= 0.6 is 11.8 Å². The van der Waals surface area contributed by atoms with Gasteiger partial charge in [0.15, 0.2) is 11.0 Å². The van der Waals surface area contributed by atoms with E-state index < -0.39 is 0 Å². The van der Waals surface area contributed by atoms with Crippen molar-refractivity contribution >= 4 is 29.3 Å². The molecule has 0 spiro atoms. The second-order valence-corrected chi connectivity index (χ2v) is 11.3. The van der Waals surface area contributed by atoms with Crippen molar-refractivity contribution in [3.05, 3.63) is 95.3 Å². The number of ether oxygens (including phenoxy) is 1. The molecule has 0 fully saturated rings. The molecule has 0 radical (unpaired) electrons. The van der Waals surface area contributed by atoms with Crippen LogP contribution in [-0.2, 0) is 16.8 Å². The number of hydrogen-bond acceptors (Lipinski definition) is 6. The minimum atomic E-state index is -0.191. The van der Waals surface area contributed by atoms with Gasteiger partial charge in [-0.25, -0.2) is 0 Å². The summed E-state index contributed by atoms with van der Waals surface area (Å²) in [7, 11) is 0. The quantitative estimate of drug-likeness (QED) is 0.235. The van der Waals surface area contributed by atoms with Crippen LogP contribution in [0, 0.1) is 6.92 Å². The Balaban J connectivity index is 1.46. The molecule has 0 saturated heterocycles. The van der Waals surface area contributed by atoms with Crippen molar-refractivity contribution in [1.29, 1.82) is 0 Å². The maximum atomic E-state index is 12.9. The van der Waals surface area contributed by atoms with E-state index in [1.807, 2.05) is 79.1 Å². The summed E-state index contributed by atoms with van der Waals surface area (Å²) in [5.74, 6) is 1.11. The van der Waals surface area contributed by atoms with Crippen molar-refractivity contribution in [2.45, 2.75) is 51.7 Å². The van der Waals surface area contributed by atoms with Gasteiger partial charge in [-0.2, -0.15) is 0 Å². The van der Waals surface area contributed by atoms with Crippen molar-refractivity contribution in [1.82, 2.24) is 20.1 Å². The Bertz CT molecular complexity index is 1460. The van der Waals surface area contributed by atoms with Crippen LogP contribution in [0.2, 0.25) is 0 Å². The molecule has 3 aromatic carbocycles. The lowest BCUT2D eigenvalue weighted by atomic mass is 9.87. The minimum Gasteiger partial charge on any atom is -0.494 e. The molecule has 208 valence electrons. The second-order valence-electron chi connectivity index (χ2n) is 10.4. The molecule has 0 atom stereocenters. The largest absolute Gasteiger partial charge is 0.494 e. The van der Waals surface area contributed by atoms with E-state index in [1.165, 1.54) is 11.8 Å². The Hall–Kier alpha value is -4.11. The van der Waals surface area contributed by atoms with Gasteiger partial charge in [-0.05, 0) is 78.9 Å². The van der Waals surface area contributed by atoms with Gasteiger partial charge in [0, 0.05) is 16.9 Å². The first-order chi connectivity index (χ1) is 19.1. The predicted octanol–water partition coefficient (Wildman–Crippen LogP) is 5.93. The topological polar surface area (TPSA) is 98.1 Å². The third kappa shape index (κ3) is 7.51. The fourth-order valence-electron chi connectivity index (χ4n) is 4.05. The van der Waals surface area contributed by atoms with Crippen molar-refractivity contribution in [2.75, 3.05) is 17.7 Å². The van der Waals surface area contributed by atoms with Crippen LogP contribution in [0.4, 0.5) is 5.69 Å². The van der Waals surface area contributed by atoms with E-state index >= 15 is 0 Å². The van der Waals surface area contributed by atoms with E-state index in [4.69, 9.17) is 4.74 Å². The summed E-state index contributed by atoms with van der Waals surface area (Å²) >= 11 is 1.28. The van der Waals surface area contributed by atoms with Crippen molar-refractivity contribution < 1.29 is 14.3 Å². The molecule has 8 nitrogen and oxygen atoms in total. The van der Waals surface area contributed by atoms with Crippen LogP contribution < -0.4 is 15.4 Å². The summed E-state index contributed by atoms with van der Waals surface area (Å²) in [6.45, 7) is 11.1. The van der Waals surface area contributed by atoms with Crippen LogP contribution in [0.5, 0.6) is 5.75 Å². The summed E-state index contributed by atoms with van der Waals surface area (Å²) in [5.41, 5.74) is 4.38. The highest BCUT2D eigenvalue weighted by Gasteiger charge is 2.18. The molecule has 1 heterocycles. The molecule has 2 N–H and O–H groups in total. The zero-order valence-corrected chi connectivity index (χ0v) is 24.3. The Morgan fingerprint density at radius 2 is 1.70 bits per heavy atom. The van der Waals surface area contributed by atoms with E-state index in [0.717, 1.165) is 22.6 Å². The Kier molecular flexibility index (Phi) is 9.26. The number of thioether (sulfide) groups is 1. The highest BCUT2D eigenvalue weighted by molar-refractivity contribution is 7.99. The number of amides is 2. The maximum absolute atomic E-state index is 12.9. The van der Waals surface area contributed by atoms with Crippen LogP contribution in [0.25, 0.3) is 5.69 Å². The number of carbonyl (C=O) groups is 2. The number of anilines is 1. The molecule has 40 heavy (non-hydrogen) atoms. The molecule has 9 heteroatoms. The lowest BCUT2D eigenvalue weighted by molar-refractivity contribution is -0.113. The summed E-state index contributed by atoms with van der Waals surface area (Å²) in [4.78, 5) is 25.6. The average Bonchev–Trinajstić information content (AvgIpc) is 3.34. The first kappa shape index (κ1) is 28.9. The first-order valence-corrected chi connectivity index (χ1v) is 14.2. The molecule has 4 aromatic rings. The molecule has 4 rings (SSSR count). The summed E-state index contributed by atoms with van der Waals surface area (Å²) < 4.78 is 7.33. The number of carbonyl (C=O) groups excluding carboxylic acids is 2. The normalized spacial score (nSPS) is 11.2. The molecule has 0 saturated carbocycles. The molecule has 0 aliphatic rings.